The van der Waals surface area contributed by atoms with E-state index in [2.05, 4.69) is 14.6 Å². The Morgan fingerprint density at radius 2 is 1.92 bits per heavy atom. The zero-order chi connectivity index (χ0) is 18.0. The van der Waals surface area contributed by atoms with Crippen molar-refractivity contribution in [1.29, 1.82) is 0 Å². The second kappa shape index (κ2) is 6.52. The molecule has 3 aromatic rings. The Labute approximate surface area is 142 Å². The molecule has 1 heterocycles. The van der Waals surface area contributed by atoms with E-state index in [1.807, 2.05) is 6.92 Å². The maximum Gasteiger partial charge on any atom is 0.299 e. The van der Waals surface area contributed by atoms with E-state index in [9.17, 15) is 17.9 Å². The molecule has 0 radical (unpaired) electrons. The van der Waals surface area contributed by atoms with E-state index in [0.29, 0.717) is 17.7 Å². The Morgan fingerprint density at radius 1 is 1.20 bits per heavy atom. The van der Waals surface area contributed by atoms with Gasteiger partial charge in [-0.2, -0.15) is 8.42 Å². The van der Waals surface area contributed by atoms with Crippen LogP contribution >= 0.6 is 0 Å². The van der Waals surface area contributed by atoms with Crippen LogP contribution in [0.4, 0.5) is 10.1 Å². The van der Waals surface area contributed by atoms with Gasteiger partial charge in [0.1, 0.15) is 11.6 Å². The van der Waals surface area contributed by atoms with Crippen molar-refractivity contribution in [3.63, 3.8) is 0 Å². The summed E-state index contributed by atoms with van der Waals surface area (Å²) in [5.74, 6) is -0.361. The maximum atomic E-state index is 13.2. The molecule has 9 heteroatoms. The number of halogens is 1. The predicted octanol–water partition coefficient (Wildman–Crippen LogP) is 3.88. The average molecular weight is 363 g/mol. The number of benzene rings is 2. The highest BCUT2D eigenvalue weighted by atomic mass is 32.2. The summed E-state index contributed by atoms with van der Waals surface area (Å²) in [6.07, 6.45) is 0. The third-order valence-corrected chi connectivity index (χ3v) is 4.56. The number of hydrogen-bond donors (Lipinski definition) is 2. The summed E-state index contributed by atoms with van der Waals surface area (Å²) in [4.78, 5) is 2.45. The molecule has 25 heavy (non-hydrogen) atoms. The lowest BCUT2D eigenvalue weighted by atomic mass is 10.2. The number of sulfonamides is 1. The van der Waals surface area contributed by atoms with Crippen LogP contribution in [0.1, 0.15) is 6.92 Å². The van der Waals surface area contributed by atoms with Gasteiger partial charge in [-0.25, -0.2) is 4.39 Å². The van der Waals surface area contributed by atoms with Crippen molar-refractivity contribution in [1.82, 2.24) is 4.98 Å². The van der Waals surface area contributed by atoms with Crippen LogP contribution in [-0.4, -0.2) is 25.1 Å². The SMILES string of the molecule is CCOc1ccc(S(=O)(=O)N=Nc2c(O)[nH]c3cc(F)ccc23)cc1. The number of nitrogens with zero attached hydrogens (tertiary/aromatic N) is 2. The van der Waals surface area contributed by atoms with Crippen molar-refractivity contribution in [3.8, 4) is 11.6 Å². The van der Waals surface area contributed by atoms with E-state index in [-0.39, 0.29) is 16.1 Å². The Balaban J connectivity index is 1.94. The fraction of sp³-hybridized carbons (Fsp3) is 0.125. The Bertz CT molecular complexity index is 1040. The molecule has 0 bridgehead atoms. The smallest absolute Gasteiger partial charge is 0.299 e. The van der Waals surface area contributed by atoms with Gasteiger partial charge in [-0.15, -0.1) is 5.11 Å². The van der Waals surface area contributed by atoms with Crippen LogP contribution in [-0.2, 0) is 10.0 Å². The first kappa shape index (κ1) is 16.9. The summed E-state index contributed by atoms with van der Waals surface area (Å²) < 4.78 is 46.3. The van der Waals surface area contributed by atoms with E-state index < -0.39 is 21.7 Å². The predicted molar refractivity (Wildman–Crippen MR) is 89.2 cm³/mol. The molecule has 0 aliphatic carbocycles. The van der Waals surface area contributed by atoms with E-state index >= 15 is 0 Å². The number of aromatic amines is 1. The van der Waals surface area contributed by atoms with Crippen molar-refractivity contribution >= 4 is 26.6 Å². The van der Waals surface area contributed by atoms with E-state index in [0.717, 1.165) is 6.07 Å². The highest BCUT2D eigenvalue weighted by Crippen LogP contribution is 2.36. The summed E-state index contributed by atoms with van der Waals surface area (Å²) in [7, 11) is -4.06. The van der Waals surface area contributed by atoms with E-state index in [4.69, 9.17) is 4.74 Å². The molecule has 0 saturated carbocycles. The van der Waals surface area contributed by atoms with Crippen LogP contribution in [0, 0.1) is 5.82 Å². The molecule has 0 aliphatic heterocycles. The van der Waals surface area contributed by atoms with Crippen molar-refractivity contribution in [2.45, 2.75) is 11.8 Å². The first-order chi connectivity index (χ1) is 11.9. The minimum absolute atomic E-state index is 0.0647. The second-order valence-electron chi connectivity index (χ2n) is 5.07. The van der Waals surface area contributed by atoms with Crippen LogP contribution < -0.4 is 4.74 Å². The number of rotatable bonds is 5. The van der Waals surface area contributed by atoms with E-state index in [1.54, 1.807) is 0 Å². The van der Waals surface area contributed by atoms with Gasteiger partial charge in [0.25, 0.3) is 10.0 Å². The second-order valence-corrected chi connectivity index (χ2v) is 6.66. The molecule has 2 N–H and O–H groups in total. The molecule has 1 aromatic heterocycles. The highest BCUT2D eigenvalue weighted by Gasteiger charge is 2.16. The standard InChI is InChI=1S/C16H14FN3O4S/c1-2-24-11-4-6-12(7-5-11)25(22,23)20-19-15-13-8-3-10(17)9-14(13)18-16(15)21/h3-9,18,21H,2H2,1H3. The first-order valence-corrected chi connectivity index (χ1v) is 8.76. The normalized spacial score (nSPS) is 12.1. The van der Waals surface area contributed by atoms with Gasteiger partial charge in [-0.3, -0.25) is 0 Å². The van der Waals surface area contributed by atoms with Gasteiger partial charge < -0.3 is 14.8 Å². The highest BCUT2D eigenvalue weighted by molar-refractivity contribution is 7.90. The lowest BCUT2D eigenvalue weighted by Gasteiger charge is -2.03. The van der Waals surface area contributed by atoms with Crippen molar-refractivity contribution in [3.05, 3.63) is 48.3 Å². The largest absolute Gasteiger partial charge is 0.494 e. The first-order valence-electron chi connectivity index (χ1n) is 7.32. The minimum Gasteiger partial charge on any atom is -0.494 e. The molecular weight excluding hydrogens is 349 g/mol. The lowest BCUT2D eigenvalue weighted by Crippen LogP contribution is -1.96. The molecule has 3 rings (SSSR count). The molecule has 130 valence electrons. The molecular formula is C16H14FN3O4S. The zero-order valence-electron chi connectivity index (χ0n) is 13.1. The summed E-state index contributed by atoms with van der Waals surface area (Å²) in [6.45, 7) is 2.28. The summed E-state index contributed by atoms with van der Waals surface area (Å²) in [6, 6.07) is 9.44. The number of aromatic nitrogens is 1. The van der Waals surface area contributed by atoms with Gasteiger partial charge in [0.15, 0.2) is 5.69 Å². The molecule has 0 fully saturated rings. The fourth-order valence-corrected chi connectivity index (χ4v) is 3.02. The minimum atomic E-state index is -4.06. The molecule has 7 nitrogen and oxygen atoms in total. The van der Waals surface area contributed by atoms with Crippen LogP contribution in [0.25, 0.3) is 10.9 Å². The molecule has 2 aromatic carbocycles. The fourth-order valence-electron chi connectivity index (χ4n) is 2.26. The summed E-state index contributed by atoms with van der Waals surface area (Å²) >= 11 is 0. The van der Waals surface area contributed by atoms with Crippen LogP contribution in [0.15, 0.2) is 57.0 Å². The quantitative estimate of drug-likeness (QED) is 0.671. The summed E-state index contributed by atoms with van der Waals surface area (Å²) in [5, 5.41) is 13.8. The Hall–Kier alpha value is -2.94. The van der Waals surface area contributed by atoms with Crippen molar-refractivity contribution < 1.29 is 22.7 Å². The van der Waals surface area contributed by atoms with Crippen LogP contribution in [0.5, 0.6) is 11.6 Å². The Kier molecular flexibility index (Phi) is 4.41. The third kappa shape index (κ3) is 3.45. The molecule has 0 unspecified atom stereocenters. The number of hydrogen-bond acceptors (Lipinski definition) is 5. The van der Waals surface area contributed by atoms with Gasteiger partial charge in [-0.1, -0.05) is 4.52 Å². The molecule has 0 aliphatic rings. The molecule has 0 amide bonds. The lowest BCUT2D eigenvalue weighted by molar-refractivity contribution is 0.340. The van der Waals surface area contributed by atoms with E-state index in [1.165, 1.54) is 36.4 Å². The summed E-state index contributed by atoms with van der Waals surface area (Å²) in [5.41, 5.74) is 0.203. The molecule has 0 spiro atoms. The van der Waals surface area contributed by atoms with Gasteiger partial charge >= 0.3 is 0 Å². The van der Waals surface area contributed by atoms with Crippen molar-refractivity contribution in [2.75, 3.05) is 6.61 Å². The number of ether oxygens (including phenoxy) is 1. The number of nitrogens with one attached hydrogen (secondary N) is 1. The Morgan fingerprint density at radius 3 is 2.60 bits per heavy atom. The average Bonchev–Trinajstić information content (AvgIpc) is 2.88. The van der Waals surface area contributed by atoms with Crippen LogP contribution in [0.2, 0.25) is 0 Å². The number of aromatic hydroxyl groups is 1. The van der Waals surface area contributed by atoms with Gasteiger partial charge in [-0.05, 0) is 49.4 Å². The molecule has 0 atom stereocenters. The third-order valence-electron chi connectivity index (χ3n) is 3.40. The zero-order valence-corrected chi connectivity index (χ0v) is 13.9. The number of H-pyrrole nitrogens is 1. The van der Waals surface area contributed by atoms with Gasteiger partial charge in [0.2, 0.25) is 5.88 Å². The van der Waals surface area contributed by atoms with Crippen molar-refractivity contribution in [2.24, 2.45) is 9.63 Å². The number of fused-ring (bicyclic) bond motifs is 1. The van der Waals surface area contributed by atoms with Gasteiger partial charge in [0, 0.05) is 5.39 Å². The monoisotopic (exact) mass is 363 g/mol. The molecule has 0 saturated heterocycles. The maximum absolute atomic E-state index is 13.2. The van der Waals surface area contributed by atoms with Gasteiger partial charge in [0.05, 0.1) is 17.0 Å². The van der Waals surface area contributed by atoms with Crippen LogP contribution in [0.3, 0.4) is 0 Å². The topological polar surface area (TPSA) is 104 Å².